The second kappa shape index (κ2) is 28.3. The lowest BCUT2D eigenvalue weighted by Crippen LogP contribution is -2.70. The molecule has 0 spiro atoms. The third-order valence-electron chi connectivity index (χ3n) is 13.6. The molecule has 1 fully saturated rings. The zero-order valence-electron chi connectivity index (χ0n) is 42.2. The van der Waals surface area contributed by atoms with Gasteiger partial charge in [-0.3, -0.25) is 4.90 Å². The van der Waals surface area contributed by atoms with Crippen LogP contribution in [0.5, 0.6) is 11.5 Å². The van der Waals surface area contributed by atoms with E-state index in [0.717, 1.165) is 61.6 Å². The fourth-order valence-corrected chi connectivity index (χ4v) is 10.4. The first-order chi connectivity index (χ1) is 33.0. The summed E-state index contributed by atoms with van der Waals surface area (Å²) < 4.78 is 26.6. The van der Waals surface area contributed by atoms with Crippen LogP contribution in [0.2, 0.25) is 0 Å². The summed E-state index contributed by atoms with van der Waals surface area (Å²) in [6.45, 7) is 16.2. The van der Waals surface area contributed by atoms with E-state index in [1.165, 1.54) is 44.9 Å². The molecular formula is C56H85N3O9. The lowest BCUT2D eigenvalue weighted by Gasteiger charge is -2.60. The van der Waals surface area contributed by atoms with Crippen molar-refractivity contribution in [2.24, 2.45) is 28.3 Å². The van der Waals surface area contributed by atoms with Crippen LogP contribution in [0.25, 0.3) is 0 Å². The Balaban J connectivity index is 1.57. The summed E-state index contributed by atoms with van der Waals surface area (Å²) in [5.74, 6) is -1.14. The van der Waals surface area contributed by atoms with Gasteiger partial charge in [0.2, 0.25) is 5.79 Å². The van der Waals surface area contributed by atoms with E-state index < -0.39 is 29.9 Å². The van der Waals surface area contributed by atoms with Crippen LogP contribution in [0.4, 0.5) is 9.59 Å². The predicted octanol–water partition coefficient (Wildman–Crippen LogP) is 12.4. The SMILES string of the molecule is C=CCO[C@@]12Oc3ccc(OC(=O)NCCCCCCCCCCCC)cc3[C@H]3[C@H](CCCCO)[C@@H](CCCCO)C=C(C(=NOCc4ccccc4)C[C@@H]1N(CCC)C(=O)OCC(C)(C)C)[C@H]32. The highest BCUT2D eigenvalue weighted by atomic mass is 16.7. The Morgan fingerprint density at radius 2 is 1.59 bits per heavy atom. The summed E-state index contributed by atoms with van der Waals surface area (Å²) in [7, 11) is 0. The van der Waals surface area contributed by atoms with Crippen LogP contribution >= 0.6 is 0 Å². The van der Waals surface area contributed by atoms with E-state index in [0.29, 0.717) is 49.6 Å². The number of nitrogens with zero attached hydrogens (tertiary/aromatic N) is 2. The Hall–Kier alpha value is -4.39. The molecule has 2 amide bonds. The zero-order valence-corrected chi connectivity index (χ0v) is 42.2. The highest BCUT2D eigenvalue weighted by Crippen LogP contribution is 2.62. The maximum atomic E-state index is 14.5. The van der Waals surface area contributed by atoms with Gasteiger partial charge < -0.3 is 39.3 Å². The topological polar surface area (TPSA) is 148 Å². The molecular weight excluding hydrogens is 859 g/mol. The quantitative estimate of drug-likeness (QED) is 0.0395. The molecule has 2 aromatic rings. The number of carbonyl (C=O) groups excluding carboxylic acids is 2. The van der Waals surface area contributed by atoms with Crippen molar-refractivity contribution >= 4 is 17.9 Å². The molecule has 3 aliphatic rings. The standard InChI is InChI=1S/C56H85N3O9/c1-7-10-11-12-13-14-15-16-17-23-32-57-53(62)67-44-30-31-49-47(38-44)51-45(29-22-25-35-61)43(28-21-24-34-60)37-46-48(58-66-40-42-26-19-18-20-27-42)39-50(56(68-49,52(46)51)65-36-9-3)59(33-8-2)54(63)64-41-55(4,5)6/h9,18-20,26-27,30-31,37-38,43,45,50-52,60-61H,3,7-8,10-17,21-25,28-29,32-36,39-41H2,1-2,4-6H3,(H,57,62)/t43-,45+,50-,51+,52+,56+/m0/s1. The van der Waals surface area contributed by atoms with Gasteiger partial charge in [0.15, 0.2) is 0 Å². The minimum atomic E-state index is -1.42. The van der Waals surface area contributed by atoms with Crippen LogP contribution in [0.1, 0.15) is 167 Å². The number of aliphatic hydroxyl groups excluding tert-OH is 2. The number of nitrogens with one attached hydrogen (secondary N) is 1. The van der Waals surface area contributed by atoms with E-state index in [1.54, 1.807) is 17.0 Å². The molecule has 12 nitrogen and oxygen atoms in total. The number of hydrogen-bond acceptors (Lipinski definition) is 10. The number of ether oxygens (including phenoxy) is 4. The summed E-state index contributed by atoms with van der Waals surface area (Å²) in [4.78, 5) is 35.9. The molecule has 2 aliphatic carbocycles. The Morgan fingerprint density at radius 3 is 2.25 bits per heavy atom. The maximum absolute atomic E-state index is 14.5. The van der Waals surface area contributed by atoms with E-state index in [4.69, 9.17) is 28.9 Å². The monoisotopic (exact) mass is 944 g/mol. The number of unbranched alkanes of at least 4 members (excludes halogenated alkanes) is 11. The molecule has 0 radical (unpaired) electrons. The molecule has 5 rings (SSSR count). The fraction of sp³-hybridized carbons (Fsp3) is 0.661. The van der Waals surface area contributed by atoms with Crippen molar-refractivity contribution in [3.05, 3.63) is 84.0 Å². The van der Waals surface area contributed by atoms with Crippen molar-refractivity contribution in [2.75, 3.05) is 39.5 Å². The first kappa shape index (κ1) is 54.5. The van der Waals surface area contributed by atoms with Crippen molar-refractivity contribution in [1.82, 2.24) is 10.2 Å². The molecule has 12 heteroatoms. The number of hydrogen-bond donors (Lipinski definition) is 3. The largest absolute Gasteiger partial charge is 0.459 e. The molecule has 0 bridgehead atoms. The Labute approximate surface area is 408 Å². The molecule has 0 aromatic heterocycles. The molecule has 1 aliphatic heterocycles. The number of aliphatic hydroxyl groups is 2. The van der Waals surface area contributed by atoms with E-state index in [-0.39, 0.29) is 62.6 Å². The number of amides is 2. The van der Waals surface area contributed by atoms with Crippen LogP contribution in [0, 0.1) is 23.2 Å². The Morgan fingerprint density at radius 1 is 0.897 bits per heavy atom. The van der Waals surface area contributed by atoms with E-state index in [1.807, 2.05) is 70.2 Å². The molecule has 378 valence electrons. The van der Waals surface area contributed by atoms with Gasteiger partial charge in [-0.25, -0.2) is 9.59 Å². The minimum absolute atomic E-state index is 0.0153. The molecule has 0 saturated heterocycles. The molecule has 68 heavy (non-hydrogen) atoms. The minimum Gasteiger partial charge on any atom is -0.459 e. The number of fused-ring (bicyclic) bond motifs is 2. The van der Waals surface area contributed by atoms with Gasteiger partial charge >= 0.3 is 12.2 Å². The second-order valence-electron chi connectivity index (χ2n) is 20.3. The van der Waals surface area contributed by atoms with E-state index in [9.17, 15) is 19.8 Å². The summed E-state index contributed by atoms with van der Waals surface area (Å²) in [5.41, 5.74) is 3.22. The van der Waals surface area contributed by atoms with Crippen molar-refractivity contribution in [2.45, 2.75) is 175 Å². The third kappa shape index (κ3) is 15.6. The number of rotatable bonds is 30. The summed E-state index contributed by atoms with van der Waals surface area (Å²) in [5, 5.41) is 27.9. The molecule has 6 atom stereocenters. The summed E-state index contributed by atoms with van der Waals surface area (Å²) in [6.07, 6.45) is 20.6. The first-order valence-electron chi connectivity index (χ1n) is 26.1. The predicted molar refractivity (Wildman–Crippen MR) is 270 cm³/mol. The van der Waals surface area contributed by atoms with E-state index >= 15 is 0 Å². The molecule has 2 aromatic carbocycles. The van der Waals surface area contributed by atoms with Crippen molar-refractivity contribution in [3.63, 3.8) is 0 Å². The Kier molecular flexibility index (Phi) is 22.7. The highest BCUT2D eigenvalue weighted by Gasteiger charge is 2.65. The lowest BCUT2D eigenvalue weighted by atomic mass is 9.55. The average molecular weight is 944 g/mol. The van der Waals surface area contributed by atoms with Gasteiger partial charge in [0.25, 0.3) is 0 Å². The number of benzene rings is 2. The van der Waals surface area contributed by atoms with Crippen LogP contribution in [-0.4, -0.2) is 84.4 Å². The molecule has 1 saturated carbocycles. The van der Waals surface area contributed by atoms with Crippen molar-refractivity contribution < 1.29 is 43.6 Å². The van der Waals surface area contributed by atoms with Gasteiger partial charge in [0, 0.05) is 44.2 Å². The van der Waals surface area contributed by atoms with Crippen LogP contribution in [0.3, 0.4) is 0 Å². The van der Waals surface area contributed by atoms with Crippen LogP contribution in [0.15, 0.2) is 78.0 Å². The van der Waals surface area contributed by atoms with Crippen molar-refractivity contribution in [1.29, 1.82) is 0 Å². The van der Waals surface area contributed by atoms with Gasteiger partial charge in [0.05, 0.1) is 24.8 Å². The van der Waals surface area contributed by atoms with Gasteiger partial charge in [0.1, 0.15) is 24.1 Å². The van der Waals surface area contributed by atoms with Crippen LogP contribution < -0.4 is 14.8 Å². The first-order valence-corrected chi connectivity index (χ1v) is 26.1. The van der Waals surface area contributed by atoms with Crippen LogP contribution in [-0.2, 0) is 20.9 Å². The molecule has 0 unspecified atom stereocenters. The smallest absolute Gasteiger partial charge is 0.412 e. The lowest BCUT2D eigenvalue weighted by molar-refractivity contribution is -0.255. The fourth-order valence-electron chi connectivity index (χ4n) is 10.4. The molecule has 3 N–H and O–H groups in total. The van der Waals surface area contributed by atoms with Gasteiger partial charge in [-0.1, -0.05) is 153 Å². The normalized spacial score (nSPS) is 22.3. The highest BCUT2D eigenvalue weighted by molar-refractivity contribution is 6.03. The maximum Gasteiger partial charge on any atom is 0.412 e. The summed E-state index contributed by atoms with van der Waals surface area (Å²) in [6, 6.07) is 14.8. The second-order valence-corrected chi connectivity index (χ2v) is 20.3. The van der Waals surface area contributed by atoms with Gasteiger partial charge in [-0.2, -0.15) is 0 Å². The summed E-state index contributed by atoms with van der Waals surface area (Å²) >= 11 is 0. The Bertz CT molecular complexity index is 1900. The van der Waals surface area contributed by atoms with Gasteiger partial charge in [-0.15, -0.1) is 6.58 Å². The van der Waals surface area contributed by atoms with Crippen molar-refractivity contribution in [3.8, 4) is 11.5 Å². The van der Waals surface area contributed by atoms with Gasteiger partial charge in [-0.05, 0) is 85.1 Å². The average Bonchev–Trinajstić information content (AvgIpc) is 3.32. The van der Waals surface area contributed by atoms with E-state index in [2.05, 4.69) is 24.9 Å². The number of allylic oxidation sites excluding steroid dienone is 1. The third-order valence-corrected chi connectivity index (χ3v) is 13.6. The zero-order chi connectivity index (χ0) is 48.8. The molecule has 1 heterocycles. The number of carbonyl (C=O) groups is 2. The number of oxime groups is 1.